The molecule has 0 saturated carbocycles. The van der Waals surface area contributed by atoms with Gasteiger partial charge in [0.2, 0.25) is 0 Å². The highest BCUT2D eigenvalue weighted by atomic mass is 35.5. The molecule has 78 valence electrons. The molecule has 2 atom stereocenters. The maximum Gasteiger partial charge on any atom is 0.0782 e. The summed E-state index contributed by atoms with van der Waals surface area (Å²) in [6.07, 6.45) is -0.490. The van der Waals surface area contributed by atoms with Crippen LogP contribution < -0.4 is 5.73 Å². The van der Waals surface area contributed by atoms with E-state index in [4.69, 9.17) is 17.3 Å². The summed E-state index contributed by atoms with van der Waals surface area (Å²) in [4.78, 5) is 0.980. The molecule has 0 amide bonds. The van der Waals surface area contributed by atoms with Gasteiger partial charge in [0.25, 0.3) is 0 Å². The van der Waals surface area contributed by atoms with Crippen molar-refractivity contribution < 1.29 is 5.11 Å². The molecule has 0 bridgehead atoms. The number of nitrogens with two attached hydrogens (primary N) is 1. The Bertz CT molecular complexity index is 293. The molecule has 0 heterocycles. The number of thioether (sulfide) groups is 1. The number of aliphatic hydroxyl groups excluding tert-OH is 1. The highest BCUT2D eigenvalue weighted by molar-refractivity contribution is 7.99. The lowest BCUT2D eigenvalue weighted by atomic mass is 10.2. The van der Waals surface area contributed by atoms with Crippen molar-refractivity contribution in [3.05, 3.63) is 29.3 Å². The highest BCUT2D eigenvalue weighted by Crippen LogP contribution is 2.27. The molecule has 2 unspecified atom stereocenters. The summed E-state index contributed by atoms with van der Waals surface area (Å²) < 4.78 is 0. The SMILES string of the molecule is CC(N)C(O)CSc1ccccc1Cl. The maximum absolute atomic E-state index is 9.49. The third-order valence-electron chi connectivity index (χ3n) is 1.85. The van der Waals surface area contributed by atoms with E-state index in [1.165, 1.54) is 11.8 Å². The van der Waals surface area contributed by atoms with Crippen LogP contribution in [-0.4, -0.2) is 23.0 Å². The van der Waals surface area contributed by atoms with Gasteiger partial charge in [-0.25, -0.2) is 0 Å². The Labute approximate surface area is 93.5 Å². The van der Waals surface area contributed by atoms with Crippen LogP contribution in [0.25, 0.3) is 0 Å². The monoisotopic (exact) mass is 231 g/mol. The normalized spacial score (nSPS) is 15.1. The summed E-state index contributed by atoms with van der Waals surface area (Å²) in [7, 11) is 0. The van der Waals surface area contributed by atoms with Crippen LogP contribution in [0, 0.1) is 0 Å². The first-order valence-electron chi connectivity index (χ1n) is 4.42. The van der Waals surface area contributed by atoms with Crippen molar-refractivity contribution in [1.82, 2.24) is 0 Å². The average molecular weight is 232 g/mol. The summed E-state index contributed by atoms with van der Waals surface area (Å²) in [5, 5.41) is 10.2. The number of hydrogen-bond acceptors (Lipinski definition) is 3. The van der Waals surface area contributed by atoms with Crippen LogP contribution in [0.2, 0.25) is 5.02 Å². The Morgan fingerprint density at radius 1 is 1.50 bits per heavy atom. The topological polar surface area (TPSA) is 46.2 Å². The summed E-state index contributed by atoms with van der Waals surface area (Å²) in [6, 6.07) is 7.37. The van der Waals surface area contributed by atoms with Crippen LogP contribution in [0.3, 0.4) is 0 Å². The number of rotatable bonds is 4. The molecule has 0 aliphatic rings. The second-order valence-electron chi connectivity index (χ2n) is 3.17. The van der Waals surface area contributed by atoms with Gasteiger partial charge in [0.1, 0.15) is 0 Å². The van der Waals surface area contributed by atoms with Gasteiger partial charge >= 0.3 is 0 Å². The molecule has 0 aliphatic heterocycles. The van der Waals surface area contributed by atoms with Gasteiger partial charge in [0, 0.05) is 16.7 Å². The minimum atomic E-state index is -0.490. The molecule has 14 heavy (non-hydrogen) atoms. The molecule has 4 heteroatoms. The average Bonchev–Trinajstić information content (AvgIpc) is 2.16. The van der Waals surface area contributed by atoms with Gasteiger partial charge in [-0.3, -0.25) is 0 Å². The standard InChI is InChI=1S/C10H14ClNOS/c1-7(12)9(13)6-14-10-5-3-2-4-8(10)11/h2-5,7,9,13H,6,12H2,1H3. The molecular weight excluding hydrogens is 218 g/mol. The van der Waals surface area contributed by atoms with Crippen LogP contribution in [0.1, 0.15) is 6.92 Å². The fourth-order valence-corrected chi connectivity index (χ4v) is 2.22. The molecule has 1 aromatic carbocycles. The van der Waals surface area contributed by atoms with Gasteiger partial charge < -0.3 is 10.8 Å². The molecule has 1 aromatic rings. The van der Waals surface area contributed by atoms with Gasteiger partial charge in [-0.05, 0) is 19.1 Å². The first-order valence-corrected chi connectivity index (χ1v) is 5.78. The van der Waals surface area contributed by atoms with E-state index in [-0.39, 0.29) is 6.04 Å². The van der Waals surface area contributed by atoms with Crippen molar-refractivity contribution in [2.24, 2.45) is 5.73 Å². The van der Waals surface area contributed by atoms with E-state index in [1.807, 2.05) is 24.3 Å². The van der Waals surface area contributed by atoms with Gasteiger partial charge in [-0.2, -0.15) is 0 Å². The molecule has 0 fully saturated rings. The lowest BCUT2D eigenvalue weighted by Gasteiger charge is -2.13. The molecule has 0 aliphatic carbocycles. The van der Waals surface area contributed by atoms with Crippen LogP contribution >= 0.6 is 23.4 Å². The Hall–Kier alpha value is -0.220. The summed E-state index contributed by atoms with van der Waals surface area (Å²) in [6.45, 7) is 1.79. The van der Waals surface area contributed by atoms with Gasteiger partial charge in [-0.1, -0.05) is 23.7 Å². The Morgan fingerprint density at radius 2 is 2.14 bits per heavy atom. The van der Waals surface area contributed by atoms with Crippen molar-refractivity contribution in [2.75, 3.05) is 5.75 Å². The number of benzene rings is 1. The second-order valence-corrected chi connectivity index (χ2v) is 4.64. The van der Waals surface area contributed by atoms with Crippen molar-refractivity contribution in [3.63, 3.8) is 0 Å². The van der Waals surface area contributed by atoms with Crippen molar-refractivity contribution >= 4 is 23.4 Å². The van der Waals surface area contributed by atoms with E-state index in [2.05, 4.69) is 0 Å². The largest absolute Gasteiger partial charge is 0.391 e. The van der Waals surface area contributed by atoms with Crippen LogP contribution in [0.5, 0.6) is 0 Å². The minimum Gasteiger partial charge on any atom is -0.391 e. The first kappa shape index (κ1) is 11.9. The molecular formula is C10H14ClNOS. The van der Waals surface area contributed by atoms with Crippen LogP contribution in [0.15, 0.2) is 29.2 Å². The Morgan fingerprint density at radius 3 is 2.71 bits per heavy atom. The van der Waals surface area contributed by atoms with E-state index in [0.717, 1.165) is 9.92 Å². The molecule has 1 rings (SSSR count). The fourth-order valence-electron chi connectivity index (χ4n) is 0.889. The third kappa shape index (κ3) is 3.50. The second kappa shape index (κ2) is 5.61. The van der Waals surface area contributed by atoms with E-state index in [9.17, 15) is 5.11 Å². The predicted molar refractivity (Wildman–Crippen MR) is 61.8 cm³/mol. The molecule has 2 nitrogen and oxygen atoms in total. The zero-order chi connectivity index (χ0) is 10.6. The molecule has 0 spiro atoms. The summed E-state index contributed by atoms with van der Waals surface area (Å²) >= 11 is 7.48. The number of hydrogen-bond donors (Lipinski definition) is 2. The van der Waals surface area contributed by atoms with E-state index in [1.54, 1.807) is 6.92 Å². The lowest BCUT2D eigenvalue weighted by Crippen LogP contribution is -2.33. The first-order chi connectivity index (χ1) is 6.61. The van der Waals surface area contributed by atoms with E-state index >= 15 is 0 Å². The van der Waals surface area contributed by atoms with E-state index < -0.39 is 6.10 Å². The third-order valence-corrected chi connectivity index (χ3v) is 3.47. The van der Waals surface area contributed by atoms with Crippen LogP contribution in [-0.2, 0) is 0 Å². The lowest BCUT2D eigenvalue weighted by molar-refractivity contribution is 0.175. The van der Waals surface area contributed by atoms with E-state index in [0.29, 0.717) is 5.75 Å². The Balaban J connectivity index is 2.50. The van der Waals surface area contributed by atoms with Crippen LogP contribution in [0.4, 0.5) is 0 Å². The van der Waals surface area contributed by atoms with Crippen molar-refractivity contribution in [2.45, 2.75) is 24.0 Å². The van der Waals surface area contributed by atoms with Gasteiger partial charge in [0.15, 0.2) is 0 Å². The summed E-state index contributed by atoms with van der Waals surface area (Å²) in [5.74, 6) is 0.571. The minimum absolute atomic E-state index is 0.204. The number of aliphatic hydroxyl groups is 1. The smallest absolute Gasteiger partial charge is 0.0782 e. The zero-order valence-electron chi connectivity index (χ0n) is 7.98. The summed E-state index contributed by atoms with van der Waals surface area (Å²) in [5.41, 5.74) is 5.54. The molecule has 0 aromatic heterocycles. The van der Waals surface area contributed by atoms with Gasteiger partial charge in [0.05, 0.1) is 11.1 Å². The van der Waals surface area contributed by atoms with Crippen molar-refractivity contribution in [1.29, 1.82) is 0 Å². The van der Waals surface area contributed by atoms with Gasteiger partial charge in [-0.15, -0.1) is 11.8 Å². The predicted octanol–water partition coefficient (Wildman–Crippen LogP) is 2.14. The molecule has 0 radical (unpaired) electrons. The Kier molecular flexibility index (Phi) is 4.75. The quantitative estimate of drug-likeness (QED) is 0.781. The fraction of sp³-hybridized carbons (Fsp3) is 0.400. The van der Waals surface area contributed by atoms with Crippen molar-refractivity contribution in [3.8, 4) is 0 Å². The highest BCUT2D eigenvalue weighted by Gasteiger charge is 2.10. The molecule has 0 saturated heterocycles. The number of halogens is 1. The zero-order valence-corrected chi connectivity index (χ0v) is 9.55. The maximum atomic E-state index is 9.49. The molecule has 3 N–H and O–H groups in total.